The molecule has 0 fully saturated rings. The minimum absolute atomic E-state index is 0.0311. The molecule has 1 amide bonds. The summed E-state index contributed by atoms with van der Waals surface area (Å²) in [5.74, 6) is 0.0494. The van der Waals surface area contributed by atoms with Crippen LogP contribution in [0.4, 0.5) is 5.69 Å². The van der Waals surface area contributed by atoms with Crippen molar-refractivity contribution in [1.82, 2.24) is 0 Å². The maximum atomic E-state index is 11.9. The average molecular weight is 241 g/mol. The maximum Gasteiger partial charge on any atom is 0.231 e. The van der Waals surface area contributed by atoms with E-state index in [1.165, 1.54) is 11.2 Å². The topological polar surface area (TPSA) is 50.5 Å². The van der Waals surface area contributed by atoms with Crippen molar-refractivity contribution in [3.8, 4) is 0 Å². The Morgan fingerprint density at radius 2 is 2.06 bits per heavy atom. The molecule has 2 heterocycles. The molecule has 1 aliphatic rings. The number of benzene rings is 1. The van der Waals surface area contributed by atoms with Crippen LogP contribution >= 0.6 is 0 Å². The number of hydrogen-bond acceptors (Lipinski definition) is 3. The van der Waals surface area contributed by atoms with Gasteiger partial charge in [-0.1, -0.05) is 18.2 Å². The fraction of sp³-hybridized carbons (Fsp3) is 0.143. The van der Waals surface area contributed by atoms with Crippen molar-refractivity contribution in [2.75, 3.05) is 11.4 Å². The third kappa shape index (κ3) is 1.72. The van der Waals surface area contributed by atoms with Crippen molar-refractivity contribution in [2.45, 2.75) is 6.42 Å². The average Bonchev–Trinajstić information content (AvgIpc) is 2.98. The maximum absolute atomic E-state index is 11.9. The highest BCUT2D eigenvalue weighted by atomic mass is 16.3. The molecule has 18 heavy (non-hydrogen) atoms. The van der Waals surface area contributed by atoms with Crippen LogP contribution in [0.25, 0.3) is 0 Å². The summed E-state index contributed by atoms with van der Waals surface area (Å²) < 4.78 is 5.04. The van der Waals surface area contributed by atoms with Crippen LogP contribution in [0.15, 0.2) is 47.1 Å². The van der Waals surface area contributed by atoms with E-state index in [2.05, 4.69) is 0 Å². The quantitative estimate of drug-likeness (QED) is 0.773. The monoisotopic (exact) mass is 241 g/mol. The molecule has 0 aliphatic carbocycles. The zero-order valence-corrected chi connectivity index (χ0v) is 9.63. The van der Waals surface area contributed by atoms with Crippen molar-refractivity contribution < 1.29 is 14.0 Å². The van der Waals surface area contributed by atoms with E-state index in [1.807, 2.05) is 24.3 Å². The molecule has 0 saturated carbocycles. The number of fused-ring (bicyclic) bond motifs is 1. The van der Waals surface area contributed by atoms with Crippen molar-refractivity contribution >= 4 is 17.4 Å². The first-order valence-corrected chi connectivity index (χ1v) is 5.70. The predicted molar refractivity (Wildman–Crippen MR) is 65.5 cm³/mol. The summed E-state index contributed by atoms with van der Waals surface area (Å²) >= 11 is 0. The Bertz CT molecular complexity index is 601. The molecule has 1 aliphatic heterocycles. The lowest BCUT2D eigenvalue weighted by Gasteiger charge is -2.15. The van der Waals surface area contributed by atoms with Crippen LogP contribution in [-0.2, 0) is 11.2 Å². The first kappa shape index (κ1) is 10.8. The van der Waals surface area contributed by atoms with Gasteiger partial charge in [0.1, 0.15) is 0 Å². The SMILES string of the molecule is O=C(CN1C(=O)Cc2ccccc21)c1ccco1. The van der Waals surface area contributed by atoms with Crippen LogP contribution in [0.5, 0.6) is 0 Å². The number of para-hydroxylation sites is 1. The summed E-state index contributed by atoms with van der Waals surface area (Å²) in [6, 6.07) is 10.8. The molecular weight excluding hydrogens is 230 g/mol. The molecule has 1 aromatic carbocycles. The lowest BCUT2D eigenvalue weighted by molar-refractivity contribution is -0.117. The Morgan fingerprint density at radius 1 is 1.22 bits per heavy atom. The third-order valence-corrected chi connectivity index (χ3v) is 3.02. The number of nitrogens with zero attached hydrogens (tertiary/aromatic N) is 1. The van der Waals surface area contributed by atoms with Gasteiger partial charge in [-0.25, -0.2) is 0 Å². The van der Waals surface area contributed by atoms with Crippen molar-refractivity contribution in [3.63, 3.8) is 0 Å². The molecule has 0 atom stereocenters. The number of ketones is 1. The molecule has 1 aromatic heterocycles. The first-order valence-electron chi connectivity index (χ1n) is 5.70. The third-order valence-electron chi connectivity index (χ3n) is 3.02. The second-order valence-corrected chi connectivity index (χ2v) is 4.19. The molecular formula is C14H11NO3. The lowest BCUT2D eigenvalue weighted by Crippen LogP contribution is -2.32. The number of furan rings is 1. The van der Waals surface area contributed by atoms with Gasteiger partial charge in [0.05, 0.1) is 19.2 Å². The molecule has 0 radical (unpaired) electrons. The van der Waals surface area contributed by atoms with E-state index < -0.39 is 0 Å². The van der Waals surface area contributed by atoms with Crippen LogP contribution in [0.2, 0.25) is 0 Å². The van der Waals surface area contributed by atoms with Gasteiger partial charge in [-0.15, -0.1) is 0 Å². The highest BCUT2D eigenvalue weighted by molar-refractivity contribution is 6.08. The van der Waals surface area contributed by atoms with E-state index in [1.54, 1.807) is 12.1 Å². The van der Waals surface area contributed by atoms with Gasteiger partial charge >= 0.3 is 0 Å². The van der Waals surface area contributed by atoms with E-state index in [0.717, 1.165) is 11.3 Å². The van der Waals surface area contributed by atoms with E-state index in [9.17, 15) is 9.59 Å². The molecule has 3 rings (SSSR count). The van der Waals surface area contributed by atoms with Gasteiger partial charge in [0.15, 0.2) is 5.76 Å². The van der Waals surface area contributed by atoms with Gasteiger partial charge in [0.25, 0.3) is 0 Å². The van der Waals surface area contributed by atoms with Crippen molar-refractivity contribution in [3.05, 3.63) is 54.0 Å². The molecule has 4 nitrogen and oxygen atoms in total. The van der Waals surface area contributed by atoms with Gasteiger partial charge in [0, 0.05) is 5.69 Å². The Hall–Kier alpha value is -2.36. The summed E-state index contributed by atoms with van der Waals surface area (Å²) in [6.45, 7) is 0.0311. The van der Waals surface area contributed by atoms with Gasteiger partial charge in [-0.2, -0.15) is 0 Å². The highest BCUT2D eigenvalue weighted by Gasteiger charge is 2.29. The van der Waals surface area contributed by atoms with Gasteiger partial charge < -0.3 is 9.32 Å². The number of anilines is 1. The summed E-state index contributed by atoms with van der Waals surface area (Å²) in [5.41, 5.74) is 1.79. The fourth-order valence-corrected chi connectivity index (χ4v) is 2.15. The largest absolute Gasteiger partial charge is 0.461 e. The van der Waals surface area contributed by atoms with E-state index in [-0.39, 0.29) is 24.0 Å². The fourth-order valence-electron chi connectivity index (χ4n) is 2.15. The number of rotatable bonds is 3. The van der Waals surface area contributed by atoms with Crippen molar-refractivity contribution in [2.24, 2.45) is 0 Å². The number of carbonyl (C=O) groups is 2. The number of carbonyl (C=O) groups excluding carboxylic acids is 2. The molecule has 90 valence electrons. The molecule has 0 saturated heterocycles. The first-order chi connectivity index (χ1) is 8.75. The smallest absolute Gasteiger partial charge is 0.231 e. The second kappa shape index (κ2) is 4.14. The zero-order chi connectivity index (χ0) is 12.5. The Kier molecular flexibility index (Phi) is 2.48. The second-order valence-electron chi connectivity index (χ2n) is 4.19. The number of Topliss-reactive ketones (excluding diaryl/α,β-unsaturated/α-hetero) is 1. The zero-order valence-electron chi connectivity index (χ0n) is 9.63. The Labute approximate surface area is 104 Å². The van der Waals surface area contributed by atoms with Gasteiger partial charge in [0.2, 0.25) is 11.7 Å². The van der Waals surface area contributed by atoms with E-state index in [4.69, 9.17) is 4.42 Å². The molecule has 0 spiro atoms. The molecule has 2 aromatic rings. The molecule has 4 heteroatoms. The molecule has 0 unspecified atom stereocenters. The standard InChI is InChI=1S/C14H11NO3/c16-12(13-6-3-7-18-13)9-15-11-5-2-1-4-10(11)8-14(15)17/h1-7H,8-9H2. The normalized spacial score (nSPS) is 13.8. The van der Waals surface area contributed by atoms with Crippen LogP contribution in [0, 0.1) is 0 Å². The number of hydrogen-bond donors (Lipinski definition) is 0. The summed E-state index contributed by atoms with van der Waals surface area (Å²) in [5, 5.41) is 0. The number of amides is 1. The summed E-state index contributed by atoms with van der Waals surface area (Å²) in [6.07, 6.45) is 1.81. The molecule has 0 N–H and O–H groups in total. The van der Waals surface area contributed by atoms with Crippen LogP contribution < -0.4 is 4.90 Å². The van der Waals surface area contributed by atoms with Gasteiger partial charge in [-0.3, -0.25) is 9.59 Å². The Morgan fingerprint density at radius 3 is 2.83 bits per heavy atom. The van der Waals surface area contributed by atoms with E-state index in [0.29, 0.717) is 6.42 Å². The summed E-state index contributed by atoms with van der Waals surface area (Å²) in [7, 11) is 0. The van der Waals surface area contributed by atoms with Crippen LogP contribution in [0.3, 0.4) is 0 Å². The van der Waals surface area contributed by atoms with Crippen LogP contribution in [0.1, 0.15) is 16.1 Å². The van der Waals surface area contributed by atoms with Crippen molar-refractivity contribution in [1.29, 1.82) is 0 Å². The van der Waals surface area contributed by atoms with Gasteiger partial charge in [-0.05, 0) is 23.8 Å². The minimum Gasteiger partial charge on any atom is -0.461 e. The van der Waals surface area contributed by atoms with Crippen LogP contribution in [-0.4, -0.2) is 18.2 Å². The predicted octanol–water partition coefficient (Wildman–Crippen LogP) is 2.05. The lowest BCUT2D eigenvalue weighted by atomic mass is 10.2. The highest BCUT2D eigenvalue weighted by Crippen LogP contribution is 2.28. The van der Waals surface area contributed by atoms with E-state index >= 15 is 0 Å². The Balaban J connectivity index is 1.85. The minimum atomic E-state index is -0.190. The molecule has 0 bridgehead atoms. The summed E-state index contributed by atoms with van der Waals surface area (Å²) in [4.78, 5) is 25.3.